The molecule has 6 nitrogen and oxygen atoms in total. The van der Waals surface area contributed by atoms with Crippen molar-refractivity contribution in [2.75, 3.05) is 6.61 Å². The molecule has 1 aliphatic rings. The summed E-state index contributed by atoms with van der Waals surface area (Å²) >= 11 is 0. The molecule has 0 aliphatic carbocycles. The molecule has 2 aromatic rings. The van der Waals surface area contributed by atoms with E-state index >= 15 is 0 Å². The molecule has 0 bridgehead atoms. The van der Waals surface area contributed by atoms with Crippen molar-refractivity contribution < 1.29 is 9.66 Å². The Morgan fingerprint density at radius 1 is 1.47 bits per heavy atom. The number of benzene rings is 1. The Kier molecular flexibility index (Phi) is 2.94. The summed E-state index contributed by atoms with van der Waals surface area (Å²) in [7, 11) is 0. The first-order valence-corrected chi connectivity index (χ1v) is 6.40. The van der Waals surface area contributed by atoms with Gasteiger partial charge in [0.05, 0.1) is 16.6 Å². The molecule has 1 unspecified atom stereocenters. The van der Waals surface area contributed by atoms with E-state index in [-0.39, 0.29) is 16.8 Å². The zero-order chi connectivity index (χ0) is 13.4. The number of nitrogens with zero attached hydrogens (tertiary/aromatic N) is 3. The van der Waals surface area contributed by atoms with Gasteiger partial charge in [-0.2, -0.15) is 5.10 Å². The predicted octanol–water partition coefficient (Wildman–Crippen LogP) is 2.95. The van der Waals surface area contributed by atoms with Crippen molar-refractivity contribution in [3.63, 3.8) is 0 Å². The Labute approximate surface area is 110 Å². The summed E-state index contributed by atoms with van der Waals surface area (Å²) < 4.78 is 7.46. The van der Waals surface area contributed by atoms with Crippen LogP contribution in [0.25, 0.3) is 10.9 Å². The number of rotatable bonds is 2. The van der Waals surface area contributed by atoms with Crippen LogP contribution in [0.1, 0.15) is 31.1 Å². The molecule has 0 saturated carbocycles. The summed E-state index contributed by atoms with van der Waals surface area (Å²) in [6, 6.07) is 3.40. The van der Waals surface area contributed by atoms with Gasteiger partial charge in [0.15, 0.2) is 6.23 Å². The van der Waals surface area contributed by atoms with Gasteiger partial charge in [-0.1, -0.05) is 0 Å². The van der Waals surface area contributed by atoms with E-state index in [2.05, 4.69) is 5.10 Å². The van der Waals surface area contributed by atoms with E-state index in [1.54, 1.807) is 29.9 Å². The molecule has 0 radical (unpaired) electrons. The van der Waals surface area contributed by atoms with Crippen molar-refractivity contribution in [1.29, 1.82) is 0 Å². The lowest BCUT2D eigenvalue weighted by Gasteiger charge is -2.23. The Morgan fingerprint density at radius 3 is 3.00 bits per heavy atom. The predicted molar refractivity (Wildman–Crippen MR) is 70.0 cm³/mol. The molecule has 1 aromatic heterocycles. The fraction of sp³-hybridized carbons (Fsp3) is 0.462. The average Bonchev–Trinajstić information content (AvgIpc) is 2.81. The second kappa shape index (κ2) is 4.62. The molecule has 1 fully saturated rings. The molecule has 1 aliphatic heterocycles. The van der Waals surface area contributed by atoms with E-state index in [4.69, 9.17) is 4.74 Å². The Bertz CT molecular complexity index is 629. The summed E-state index contributed by atoms with van der Waals surface area (Å²) in [5.41, 5.74) is 1.55. The van der Waals surface area contributed by atoms with E-state index in [1.807, 2.05) is 0 Å². The summed E-state index contributed by atoms with van der Waals surface area (Å²) in [5, 5.41) is 16.3. The van der Waals surface area contributed by atoms with Gasteiger partial charge in [-0.3, -0.25) is 10.1 Å². The van der Waals surface area contributed by atoms with Gasteiger partial charge in [-0.25, -0.2) is 4.68 Å². The molecule has 100 valence electrons. The molecule has 0 spiro atoms. The van der Waals surface area contributed by atoms with Crippen LogP contribution >= 0.6 is 0 Å². The van der Waals surface area contributed by atoms with Crippen molar-refractivity contribution in [1.82, 2.24) is 9.78 Å². The summed E-state index contributed by atoms with van der Waals surface area (Å²) in [5.74, 6) is 0. The number of aromatic nitrogens is 2. The topological polar surface area (TPSA) is 70.2 Å². The molecule has 6 heteroatoms. The third-order valence-electron chi connectivity index (χ3n) is 3.54. The quantitative estimate of drug-likeness (QED) is 0.615. The molecular formula is C13H15N3O3. The molecular weight excluding hydrogens is 246 g/mol. The van der Waals surface area contributed by atoms with Gasteiger partial charge in [0.25, 0.3) is 5.69 Å². The number of nitro benzene ring substituents is 1. The van der Waals surface area contributed by atoms with Crippen LogP contribution in [0.4, 0.5) is 5.69 Å². The van der Waals surface area contributed by atoms with Crippen LogP contribution in [0.5, 0.6) is 0 Å². The molecule has 2 heterocycles. The highest BCUT2D eigenvalue weighted by molar-refractivity contribution is 5.82. The zero-order valence-corrected chi connectivity index (χ0v) is 10.7. The van der Waals surface area contributed by atoms with Gasteiger partial charge in [0.1, 0.15) is 0 Å². The number of fused-ring (bicyclic) bond motifs is 1. The van der Waals surface area contributed by atoms with Gasteiger partial charge in [-0.15, -0.1) is 0 Å². The van der Waals surface area contributed by atoms with Gasteiger partial charge < -0.3 is 4.74 Å². The second-order valence-corrected chi connectivity index (χ2v) is 4.86. The fourth-order valence-electron chi connectivity index (χ4n) is 2.54. The largest absolute Gasteiger partial charge is 0.356 e. The van der Waals surface area contributed by atoms with Crippen molar-refractivity contribution >= 4 is 16.6 Å². The third-order valence-corrected chi connectivity index (χ3v) is 3.54. The normalized spacial score (nSPS) is 19.7. The van der Waals surface area contributed by atoms with E-state index in [0.29, 0.717) is 5.56 Å². The maximum atomic E-state index is 11.0. The van der Waals surface area contributed by atoms with Gasteiger partial charge in [0.2, 0.25) is 0 Å². The molecule has 1 aromatic carbocycles. The first-order chi connectivity index (χ1) is 9.16. The first kappa shape index (κ1) is 12.1. The summed E-state index contributed by atoms with van der Waals surface area (Å²) in [6.45, 7) is 2.46. The second-order valence-electron chi connectivity index (χ2n) is 4.86. The summed E-state index contributed by atoms with van der Waals surface area (Å²) in [4.78, 5) is 10.7. The van der Waals surface area contributed by atoms with Gasteiger partial charge in [0, 0.05) is 23.6 Å². The lowest BCUT2D eigenvalue weighted by molar-refractivity contribution is -0.385. The number of hydrogen-bond acceptors (Lipinski definition) is 4. The van der Waals surface area contributed by atoms with Crippen LogP contribution in [-0.4, -0.2) is 21.3 Å². The molecule has 1 atom stereocenters. The van der Waals surface area contributed by atoms with Crippen LogP contribution in [0, 0.1) is 17.0 Å². The smallest absolute Gasteiger partial charge is 0.274 e. The highest BCUT2D eigenvalue weighted by Gasteiger charge is 2.21. The van der Waals surface area contributed by atoms with Crippen LogP contribution in [0.2, 0.25) is 0 Å². The highest BCUT2D eigenvalue weighted by atomic mass is 16.6. The van der Waals surface area contributed by atoms with Crippen molar-refractivity contribution in [3.05, 3.63) is 34.0 Å². The van der Waals surface area contributed by atoms with Crippen molar-refractivity contribution in [2.45, 2.75) is 32.4 Å². The van der Waals surface area contributed by atoms with Crippen molar-refractivity contribution in [3.8, 4) is 0 Å². The van der Waals surface area contributed by atoms with Crippen LogP contribution < -0.4 is 0 Å². The maximum absolute atomic E-state index is 11.0. The third kappa shape index (κ3) is 2.08. The van der Waals surface area contributed by atoms with E-state index in [0.717, 1.165) is 36.8 Å². The Balaban J connectivity index is 2.10. The molecule has 0 N–H and O–H groups in total. The molecule has 1 saturated heterocycles. The number of hydrogen-bond donors (Lipinski definition) is 0. The molecule has 0 amide bonds. The Hall–Kier alpha value is -1.95. The lowest BCUT2D eigenvalue weighted by atomic mass is 10.1. The number of ether oxygens (including phenoxy) is 1. The molecule has 3 rings (SSSR count). The highest BCUT2D eigenvalue weighted by Crippen LogP contribution is 2.30. The van der Waals surface area contributed by atoms with E-state index in [1.165, 1.54) is 0 Å². The molecule has 19 heavy (non-hydrogen) atoms. The SMILES string of the molecule is Cc1cc2cnn(C3CCCCO3)c2cc1[N+](=O)[O-]. The van der Waals surface area contributed by atoms with Crippen molar-refractivity contribution in [2.24, 2.45) is 0 Å². The number of nitro groups is 1. The lowest BCUT2D eigenvalue weighted by Crippen LogP contribution is -2.19. The first-order valence-electron chi connectivity index (χ1n) is 6.40. The monoisotopic (exact) mass is 261 g/mol. The summed E-state index contributed by atoms with van der Waals surface area (Å²) in [6.07, 6.45) is 4.70. The van der Waals surface area contributed by atoms with Crippen LogP contribution in [0.15, 0.2) is 18.3 Å². The fourth-order valence-corrected chi connectivity index (χ4v) is 2.54. The zero-order valence-electron chi connectivity index (χ0n) is 10.7. The Morgan fingerprint density at radius 2 is 2.32 bits per heavy atom. The van der Waals surface area contributed by atoms with E-state index in [9.17, 15) is 10.1 Å². The minimum Gasteiger partial charge on any atom is -0.356 e. The average molecular weight is 261 g/mol. The maximum Gasteiger partial charge on any atom is 0.274 e. The van der Waals surface area contributed by atoms with Crippen LogP contribution in [-0.2, 0) is 4.74 Å². The van der Waals surface area contributed by atoms with Gasteiger partial charge in [-0.05, 0) is 32.3 Å². The standard InChI is InChI=1S/C13H15N3O3/c1-9-6-10-8-14-15(13-4-2-3-5-19-13)12(10)7-11(9)16(17)18/h6-8,13H,2-5H2,1H3. The van der Waals surface area contributed by atoms with Crippen LogP contribution in [0.3, 0.4) is 0 Å². The number of aryl methyl sites for hydroxylation is 1. The van der Waals surface area contributed by atoms with E-state index < -0.39 is 0 Å². The minimum absolute atomic E-state index is 0.103. The minimum atomic E-state index is -0.353. The van der Waals surface area contributed by atoms with Gasteiger partial charge >= 0.3 is 0 Å².